The van der Waals surface area contributed by atoms with Gasteiger partial charge in [-0.05, 0) is 42.1 Å². The van der Waals surface area contributed by atoms with Crippen LogP contribution in [0.4, 0.5) is 0 Å². The Labute approximate surface area is 130 Å². The van der Waals surface area contributed by atoms with E-state index in [1.54, 1.807) is 0 Å². The smallest absolute Gasteiger partial charge is 0.0587 e. The number of benzene rings is 1. The molecule has 1 aromatic rings. The van der Waals surface area contributed by atoms with Crippen LogP contribution in [0.2, 0.25) is 0 Å². The van der Waals surface area contributed by atoms with Gasteiger partial charge in [-0.2, -0.15) is 0 Å². The lowest BCUT2D eigenvalue weighted by molar-refractivity contribution is 0.0749. The molecule has 2 nitrogen and oxygen atoms in total. The van der Waals surface area contributed by atoms with Crippen molar-refractivity contribution in [1.29, 1.82) is 0 Å². The summed E-state index contributed by atoms with van der Waals surface area (Å²) in [5.41, 5.74) is 2.05. The van der Waals surface area contributed by atoms with Crippen molar-refractivity contribution in [2.24, 2.45) is 10.8 Å². The maximum Gasteiger partial charge on any atom is 0.0587 e. The summed E-state index contributed by atoms with van der Waals surface area (Å²) < 4.78 is 0. The topological polar surface area (TPSA) is 32.3 Å². The van der Waals surface area contributed by atoms with Gasteiger partial charge in [-0.1, -0.05) is 58.0 Å². The van der Waals surface area contributed by atoms with Crippen LogP contribution in [0.25, 0.3) is 0 Å². The summed E-state index contributed by atoms with van der Waals surface area (Å²) >= 11 is 0. The highest BCUT2D eigenvalue weighted by molar-refractivity contribution is 5.16. The molecule has 1 atom stereocenters. The molecule has 1 aliphatic carbocycles. The van der Waals surface area contributed by atoms with Crippen LogP contribution in [0.15, 0.2) is 30.3 Å². The van der Waals surface area contributed by atoms with Gasteiger partial charge in [0.25, 0.3) is 0 Å². The minimum atomic E-state index is 0.155. The van der Waals surface area contributed by atoms with E-state index in [2.05, 4.69) is 57.3 Å². The second-order valence-electron chi connectivity index (χ2n) is 8.35. The fourth-order valence-corrected chi connectivity index (χ4v) is 4.37. The summed E-state index contributed by atoms with van der Waals surface area (Å²) in [5, 5.41) is 13.4. The normalized spacial score (nSPS) is 22.9. The lowest BCUT2D eigenvalue weighted by Gasteiger charge is -2.46. The quantitative estimate of drug-likeness (QED) is 0.864. The number of aliphatic hydroxyl groups excluding tert-OH is 1. The maximum atomic E-state index is 9.72. The van der Waals surface area contributed by atoms with Crippen LogP contribution in [0.3, 0.4) is 0 Å². The molecule has 0 radical (unpaired) electrons. The summed E-state index contributed by atoms with van der Waals surface area (Å²) in [6, 6.07) is 11.1. The third-order valence-electron chi connectivity index (χ3n) is 4.57. The molecule has 0 heterocycles. The molecule has 1 aliphatic rings. The second-order valence-corrected chi connectivity index (χ2v) is 8.35. The highest BCUT2D eigenvalue weighted by Crippen LogP contribution is 2.45. The second kappa shape index (κ2) is 6.50. The van der Waals surface area contributed by atoms with Crippen LogP contribution in [0, 0.1) is 10.8 Å². The van der Waals surface area contributed by atoms with Gasteiger partial charge in [-0.3, -0.25) is 0 Å². The van der Waals surface area contributed by atoms with Gasteiger partial charge in [0, 0.05) is 12.1 Å². The third-order valence-corrected chi connectivity index (χ3v) is 4.57. The molecule has 118 valence electrons. The van der Waals surface area contributed by atoms with Crippen LogP contribution in [-0.2, 0) is 6.42 Å². The van der Waals surface area contributed by atoms with Gasteiger partial charge in [0.2, 0.25) is 0 Å². The molecule has 1 unspecified atom stereocenters. The third kappa shape index (κ3) is 5.12. The fourth-order valence-electron chi connectivity index (χ4n) is 4.37. The van der Waals surface area contributed by atoms with Gasteiger partial charge in [-0.15, -0.1) is 0 Å². The fraction of sp³-hybridized carbons (Fsp3) is 0.684. The Kier molecular flexibility index (Phi) is 5.11. The van der Waals surface area contributed by atoms with Crippen molar-refractivity contribution in [3.05, 3.63) is 35.9 Å². The first-order chi connectivity index (χ1) is 9.80. The summed E-state index contributed by atoms with van der Waals surface area (Å²) in [5.74, 6) is 0. The van der Waals surface area contributed by atoms with Crippen LogP contribution in [-0.4, -0.2) is 23.8 Å². The molecule has 0 saturated heterocycles. The summed E-state index contributed by atoms with van der Waals surface area (Å²) in [6.07, 6.45) is 4.57. The Morgan fingerprint density at radius 1 is 1.10 bits per heavy atom. The Morgan fingerprint density at radius 3 is 2.19 bits per heavy atom. The van der Waals surface area contributed by atoms with Crippen LogP contribution in [0.1, 0.15) is 52.5 Å². The molecule has 2 heteroatoms. The Balaban J connectivity index is 1.98. The molecule has 0 spiro atoms. The van der Waals surface area contributed by atoms with Crippen molar-refractivity contribution >= 4 is 0 Å². The maximum absolute atomic E-state index is 9.72. The van der Waals surface area contributed by atoms with Crippen molar-refractivity contribution in [3.8, 4) is 0 Å². The summed E-state index contributed by atoms with van der Waals surface area (Å²) in [7, 11) is 0. The van der Waals surface area contributed by atoms with E-state index >= 15 is 0 Å². The molecule has 1 fully saturated rings. The zero-order valence-electron chi connectivity index (χ0n) is 14.0. The molecule has 0 aliphatic heterocycles. The zero-order valence-corrected chi connectivity index (χ0v) is 14.0. The average Bonchev–Trinajstić information content (AvgIpc) is 2.35. The van der Waals surface area contributed by atoms with E-state index in [0.29, 0.717) is 16.9 Å². The van der Waals surface area contributed by atoms with Crippen LogP contribution in [0.5, 0.6) is 0 Å². The number of hydrogen-bond donors (Lipinski definition) is 2. The van der Waals surface area contributed by atoms with Gasteiger partial charge in [-0.25, -0.2) is 0 Å². The predicted molar refractivity (Wildman–Crippen MR) is 89.4 cm³/mol. The lowest BCUT2D eigenvalue weighted by Crippen LogP contribution is -2.49. The van der Waals surface area contributed by atoms with Crippen molar-refractivity contribution in [2.75, 3.05) is 6.61 Å². The minimum Gasteiger partial charge on any atom is -0.395 e. The lowest BCUT2D eigenvalue weighted by atomic mass is 9.63. The van der Waals surface area contributed by atoms with E-state index in [4.69, 9.17) is 0 Å². The summed E-state index contributed by atoms with van der Waals surface area (Å²) in [4.78, 5) is 0. The monoisotopic (exact) mass is 289 g/mol. The first-order valence-corrected chi connectivity index (χ1v) is 8.21. The van der Waals surface area contributed by atoms with Gasteiger partial charge < -0.3 is 10.4 Å². The van der Waals surface area contributed by atoms with Gasteiger partial charge in [0.15, 0.2) is 0 Å². The molecule has 0 amide bonds. The first kappa shape index (κ1) is 16.5. The molecule has 1 saturated carbocycles. The standard InChI is InChI=1S/C19H31NO/c1-18(2)11-17(12-19(3,4)14-18)20-16(13-21)10-15-8-6-5-7-9-15/h5-9,16-17,20-21H,10-14H2,1-4H3. The minimum absolute atomic E-state index is 0.155. The van der Waals surface area contributed by atoms with Crippen molar-refractivity contribution in [1.82, 2.24) is 5.32 Å². The summed E-state index contributed by atoms with van der Waals surface area (Å²) in [6.45, 7) is 9.68. The molecule has 1 aromatic carbocycles. The Hall–Kier alpha value is -0.860. The van der Waals surface area contributed by atoms with Crippen molar-refractivity contribution in [2.45, 2.75) is 65.5 Å². The number of hydrogen-bond acceptors (Lipinski definition) is 2. The van der Waals surface area contributed by atoms with E-state index in [-0.39, 0.29) is 12.6 Å². The molecular weight excluding hydrogens is 258 g/mol. The Morgan fingerprint density at radius 2 is 1.67 bits per heavy atom. The Bertz CT molecular complexity index is 422. The molecule has 0 bridgehead atoms. The molecule has 2 N–H and O–H groups in total. The number of rotatable bonds is 5. The molecular formula is C19H31NO. The highest BCUT2D eigenvalue weighted by Gasteiger charge is 2.38. The number of nitrogens with one attached hydrogen (secondary N) is 1. The predicted octanol–water partition coefficient (Wildman–Crippen LogP) is 3.78. The van der Waals surface area contributed by atoms with E-state index in [0.717, 1.165) is 6.42 Å². The van der Waals surface area contributed by atoms with Crippen molar-refractivity contribution < 1.29 is 5.11 Å². The average molecular weight is 289 g/mol. The van der Waals surface area contributed by atoms with Crippen molar-refractivity contribution in [3.63, 3.8) is 0 Å². The molecule has 0 aromatic heterocycles. The van der Waals surface area contributed by atoms with Gasteiger partial charge in [0.1, 0.15) is 0 Å². The van der Waals surface area contributed by atoms with E-state index in [1.807, 2.05) is 6.07 Å². The van der Waals surface area contributed by atoms with Crippen LogP contribution < -0.4 is 5.32 Å². The SMILES string of the molecule is CC1(C)CC(NC(CO)Cc2ccccc2)CC(C)(C)C1. The van der Waals surface area contributed by atoms with E-state index in [1.165, 1.54) is 24.8 Å². The zero-order chi connectivity index (χ0) is 15.5. The van der Waals surface area contributed by atoms with Gasteiger partial charge >= 0.3 is 0 Å². The van der Waals surface area contributed by atoms with Crippen LogP contribution >= 0.6 is 0 Å². The first-order valence-electron chi connectivity index (χ1n) is 8.21. The van der Waals surface area contributed by atoms with E-state index < -0.39 is 0 Å². The van der Waals surface area contributed by atoms with Gasteiger partial charge in [0.05, 0.1) is 6.61 Å². The van der Waals surface area contributed by atoms with E-state index in [9.17, 15) is 5.11 Å². The number of aliphatic hydroxyl groups is 1. The molecule has 21 heavy (non-hydrogen) atoms. The molecule has 2 rings (SSSR count). The largest absolute Gasteiger partial charge is 0.395 e. The highest BCUT2D eigenvalue weighted by atomic mass is 16.3.